The van der Waals surface area contributed by atoms with Gasteiger partial charge < -0.3 is 14.1 Å². The van der Waals surface area contributed by atoms with Crippen LogP contribution in [0.4, 0.5) is 0 Å². The molecule has 9 heteroatoms. The molecule has 0 atom stereocenters. The van der Waals surface area contributed by atoms with Crippen molar-refractivity contribution in [1.29, 1.82) is 0 Å². The van der Waals surface area contributed by atoms with Crippen LogP contribution in [0.15, 0.2) is 46.0 Å². The van der Waals surface area contributed by atoms with Crippen molar-refractivity contribution in [2.45, 2.75) is 25.3 Å². The van der Waals surface area contributed by atoms with Gasteiger partial charge in [0.15, 0.2) is 6.61 Å². The van der Waals surface area contributed by atoms with Crippen LogP contribution in [0.5, 0.6) is 5.75 Å². The minimum atomic E-state index is -0.0276. The molecule has 0 fully saturated rings. The molecule has 1 aromatic carbocycles. The smallest absolute Gasteiger partial charge is 0.277 e. The molecule has 0 unspecified atom stereocenters. The number of rotatable bonds is 8. The van der Waals surface area contributed by atoms with E-state index in [1.807, 2.05) is 43.3 Å². The SMILES string of the molecule is Cc1ccc(OCc2nnc(SCC(=O)N(C)Cc3ccc(Cl)s3)o2)cc1. The number of carbonyl (C=O) groups is 1. The first-order valence-corrected chi connectivity index (χ1v) is 10.3. The summed E-state index contributed by atoms with van der Waals surface area (Å²) in [5.41, 5.74) is 1.16. The molecule has 6 nitrogen and oxygen atoms in total. The van der Waals surface area contributed by atoms with Crippen LogP contribution in [0.2, 0.25) is 4.34 Å². The van der Waals surface area contributed by atoms with Crippen LogP contribution in [0, 0.1) is 6.92 Å². The average molecular weight is 424 g/mol. The predicted molar refractivity (Wildman–Crippen MR) is 106 cm³/mol. The number of halogens is 1. The number of hydrogen-bond donors (Lipinski definition) is 0. The molecule has 0 aliphatic heterocycles. The molecule has 0 N–H and O–H groups in total. The average Bonchev–Trinajstić information content (AvgIpc) is 3.28. The molecule has 0 saturated carbocycles. The third-order valence-electron chi connectivity index (χ3n) is 3.60. The highest BCUT2D eigenvalue weighted by Crippen LogP contribution is 2.23. The summed E-state index contributed by atoms with van der Waals surface area (Å²) in [4.78, 5) is 14.9. The van der Waals surface area contributed by atoms with E-state index in [0.29, 0.717) is 22.0 Å². The summed E-state index contributed by atoms with van der Waals surface area (Å²) in [6.07, 6.45) is 0. The Bertz CT molecular complexity index is 895. The fourth-order valence-corrected chi connectivity index (χ4v) is 3.99. The monoisotopic (exact) mass is 423 g/mol. The molecule has 142 valence electrons. The van der Waals surface area contributed by atoms with Crippen molar-refractivity contribution >= 4 is 40.6 Å². The van der Waals surface area contributed by atoms with Crippen LogP contribution < -0.4 is 4.74 Å². The number of amides is 1. The summed E-state index contributed by atoms with van der Waals surface area (Å²) in [7, 11) is 1.76. The van der Waals surface area contributed by atoms with Crippen molar-refractivity contribution in [3.63, 3.8) is 0 Å². The maximum absolute atomic E-state index is 12.2. The Hall–Kier alpha value is -2.03. The second-order valence-corrected chi connectivity index (χ2v) is 8.53. The van der Waals surface area contributed by atoms with E-state index < -0.39 is 0 Å². The Labute approximate surface area is 170 Å². The number of thiophene rings is 1. The molecule has 2 heterocycles. The first-order chi connectivity index (χ1) is 13.0. The summed E-state index contributed by atoms with van der Waals surface area (Å²) in [5, 5.41) is 8.23. The van der Waals surface area contributed by atoms with Gasteiger partial charge in [-0.1, -0.05) is 41.1 Å². The predicted octanol–water partition coefficient (Wildman–Crippen LogP) is 4.42. The van der Waals surface area contributed by atoms with Gasteiger partial charge in [0.1, 0.15) is 5.75 Å². The fourth-order valence-electron chi connectivity index (χ4n) is 2.13. The number of carbonyl (C=O) groups excluding carboxylic acids is 1. The maximum Gasteiger partial charge on any atom is 0.277 e. The molecule has 0 bridgehead atoms. The lowest BCUT2D eigenvalue weighted by atomic mass is 10.2. The minimum absolute atomic E-state index is 0.0276. The first-order valence-electron chi connectivity index (χ1n) is 8.12. The lowest BCUT2D eigenvalue weighted by molar-refractivity contribution is -0.127. The third-order valence-corrected chi connectivity index (χ3v) is 5.62. The number of thioether (sulfide) groups is 1. The largest absolute Gasteiger partial charge is 0.484 e. The molecular formula is C18H18ClN3O3S2. The Balaban J connectivity index is 1.44. The van der Waals surface area contributed by atoms with Crippen LogP contribution in [-0.4, -0.2) is 33.8 Å². The van der Waals surface area contributed by atoms with E-state index >= 15 is 0 Å². The second-order valence-electron chi connectivity index (χ2n) is 5.81. The van der Waals surface area contributed by atoms with Crippen molar-refractivity contribution < 1.29 is 13.9 Å². The normalized spacial score (nSPS) is 10.8. The quantitative estimate of drug-likeness (QED) is 0.499. The molecule has 0 radical (unpaired) electrons. The van der Waals surface area contributed by atoms with E-state index in [4.69, 9.17) is 20.8 Å². The summed E-state index contributed by atoms with van der Waals surface area (Å²) < 4.78 is 11.8. The molecule has 2 aromatic heterocycles. The number of aromatic nitrogens is 2. The van der Waals surface area contributed by atoms with Gasteiger partial charge in [0, 0.05) is 11.9 Å². The molecule has 1 amide bonds. The van der Waals surface area contributed by atoms with Gasteiger partial charge in [-0.15, -0.1) is 21.5 Å². The third kappa shape index (κ3) is 5.98. The van der Waals surface area contributed by atoms with Gasteiger partial charge in [0.25, 0.3) is 11.1 Å². The van der Waals surface area contributed by atoms with Crippen molar-refractivity contribution in [3.05, 3.63) is 57.1 Å². The zero-order valence-electron chi connectivity index (χ0n) is 14.8. The molecule has 0 aliphatic rings. The Morgan fingerprint density at radius 3 is 2.74 bits per heavy atom. The standard InChI is InChI=1S/C18H18ClN3O3S2/c1-12-3-5-13(6-4-12)24-10-16-20-21-18(25-16)26-11-17(23)22(2)9-14-7-8-15(19)27-14/h3-8H,9-11H2,1-2H3. The van der Waals surface area contributed by atoms with Gasteiger partial charge in [0.05, 0.1) is 16.6 Å². The lowest BCUT2D eigenvalue weighted by Gasteiger charge is -2.15. The van der Waals surface area contributed by atoms with Gasteiger partial charge in [-0.2, -0.15) is 0 Å². The molecular weight excluding hydrogens is 406 g/mol. The minimum Gasteiger partial charge on any atom is -0.484 e. The molecule has 3 rings (SSSR count). The van der Waals surface area contributed by atoms with Gasteiger partial charge >= 0.3 is 0 Å². The van der Waals surface area contributed by atoms with Crippen molar-refractivity contribution in [3.8, 4) is 5.75 Å². The highest BCUT2D eigenvalue weighted by atomic mass is 35.5. The summed E-state index contributed by atoms with van der Waals surface area (Å²) in [5.74, 6) is 1.29. The van der Waals surface area contributed by atoms with Crippen LogP contribution in [0.25, 0.3) is 0 Å². The van der Waals surface area contributed by atoms with E-state index in [9.17, 15) is 4.79 Å². The highest BCUT2D eigenvalue weighted by molar-refractivity contribution is 7.99. The van der Waals surface area contributed by atoms with E-state index in [1.54, 1.807) is 11.9 Å². The molecule has 0 saturated heterocycles. The zero-order chi connectivity index (χ0) is 19.2. The summed E-state index contributed by atoms with van der Waals surface area (Å²) in [6.45, 7) is 2.72. The zero-order valence-corrected chi connectivity index (χ0v) is 17.2. The molecule has 3 aromatic rings. The number of nitrogens with zero attached hydrogens (tertiary/aromatic N) is 3. The van der Waals surface area contributed by atoms with Gasteiger partial charge in [-0.3, -0.25) is 4.79 Å². The fraction of sp³-hybridized carbons (Fsp3) is 0.278. The van der Waals surface area contributed by atoms with Crippen LogP contribution in [-0.2, 0) is 17.9 Å². The second kappa shape index (κ2) is 9.25. The van der Waals surface area contributed by atoms with Crippen molar-refractivity contribution in [2.24, 2.45) is 0 Å². The number of hydrogen-bond acceptors (Lipinski definition) is 7. The summed E-state index contributed by atoms with van der Waals surface area (Å²) in [6, 6.07) is 11.5. The Kier molecular flexibility index (Phi) is 6.76. The van der Waals surface area contributed by atoms with Crippen molar-refractivity contribution in [1.82, 2.24) is 15.1 Å². The molecule has 0 spiro atoms. The van der Waals surface area contributed by atoms with E-state index in [-0.39, 0.29) is 18.3 Å². The summed E-state index contributed by atoms with van der Waals surface area (Å²) >= 11 is 8.58. The molecule has 27 heavy (non-hydrogen) atoms. The lowest BCUT2D eigenvalue weighted by Crippen LogP contribution is -2.27. The Morgan fingerprint density at radius 2 is 2.04 bits per heavy atom. The van der Waals surface area contributed by atoms with Crippen LogP contribution in [0.1, 0.15) is 16.3 Å². The Morgan fingerprint density at radius 1 is 1.26 bits per heavy atom. The van der Waals surface area contributed by atoms with Crippen molar-refractivity contribution in [2.75, 3.05) is 12.8 Å². The van der Waals surface area contributed by atoms with Crippen LogP contribution in [0.3, 0.4) is 0 Å². The number of ether oxygens (including phenoxy) is 1. The van der Waals surface area contributed by atoms with E-state index in [0.717, 1.165) is 16.2 Å². The number of aryl methyl sites for hydroxylation is 1. The van der Waals surface area contributed by atoms with Crippen LogP contribution >= 0.6 is 34.7 Å². The van der Waals surface area contributed by atoms with E-state index in [2.05, 4.69) is 10.2 Å². The maximum atomic E-state index is 12.2. The van der Waals surface area contributed by atoms with Gasteiger partial charge in [-0.25, -0.2) is 0 Å². The first kappa shape index (κ1) is 19.7. The van der Waals surface area contributed by atoms with Gasteiger partial charge in [-0.05, 0) is 31.2 Å². The topological polar surface area (TPSA) is 68.5 Å². The van der Waals surface area contributed by atoms with Gasteiger partial charge in [0.2, 0.25) is 5.91 Å². The van der Waals surface area contributed by atoms with E-state index in [1.165, 1.54) is 23.1 Å². The number of benzene rings is 1. The molecule has 0 aliphatic carbocycles. The highest BCUT2D eigenvalue weighted by Gasteiger charge is 2.14.